The third-order valence-electron chi connectivity index (χ3n) is 5.40. The van der Waals surface area contributed by atoms with E-state index in [-0.39, 0.29) is 18.2 Å². The van der Waals surface area contributed by atoms with E-state index in [1.165, 1.54) is 0 Å². The summed E-state index contributed by atoms with van der Waals surface area (Å²) in [5, 5.41) is 7.57. The van der Waals surface area contributed by atoms with Gasteiger partial charge in [0, 0.05) is 12.0 Å². The first kappa shape index (κ1) is 23.9. The fourth-order valence-corrected chi connectivity index (χ4v) is 3.71. The van der Waals surface area contributed by atoms with Crippen LogP contribution in [0.3, 0.4) is 0 Å². The summed E-state index contributed by atoms with van der Waals surface area (Å²) in [6, 6.07) is 20.9. The predicted molar refractivity (Wildman–Crippen MR) is 129 cm³/mol. The normalized spacial score (nSPS) is 12.7. The van der Waals surface area contributed by atoms with Crippen LogP contribution < -0.4 is 21.9 Å². The van der Waals surface area contributed by atoms with Crippen LogP contribution in [-0.4, -0.2) is 29.8 Å². The molecule has 3 amide bonds. The Hall–Kier alpha value is -3.71. The smallest absolute Gasteiger partial charge is 0.256 e. The van der Waals surface area contributed by atoms with Crippen molar-refractivity contribution in [3.8, 4) is 0 Å². The van der Waals surface area contributed by atoms with Crippen LogP contribution in [0, 0.1) is 5.92 Å². The summed E-state index contributed by atoms with van der Waals surface area (Å²) < 4.78 is 0. The zero-order valence-electron chi connectivity index (χ0n) is 18.9. The van der Waals surface area contributed by atoms with Crippen molar-refractivity contribution in [2.75, 3.05) is 0 Å². The molecule has 0 aromatic heterocycles. The van der Waals surface area contributed by atoms with Gasteiger partial charge in [-0.05, 0) is 40.8 Å². The number of hydrogen-bond acceptors (Lipinski definition) is 4. The second-order valence-electron chi connectivity index (χ2n) is 8.48. The minimum Gasteiger partial charge on any atom is -0.342 e. The molecule has 0 saturated carbocycles. The van der Waals surface area contributed by atoms with Gasteiger partial charge in [-0.3, -0.25) is 19.8 Å². The summed E-state index contributed by atoms with van der Waals surface area (Å²) in [7, 11) is 0. The van der Waals surface area contributed by atoms with Gasteiger partial charge in [-0.15, -0.1) is 0 Å². The number of fused-ring (bicyclic) bond motifs is 1. The maximum atomic E-state index is 13.2. The highest BCUT2D eigenvalue weighted by Crippen LogP contribution is 2.16. The van der Waals surface area contributed by atoms with Crippen molar-refractivity contribution < 1.29 is 14.4 Å². The van der Waals surface area contributed by atoms with Crippen LogP contribution in [0.1, 0.15) is 36.2 Å². The average Bonchev–Trinajstić information content (AvgIpc) is 2.82. The molecule has 7 heteroatoms. The molecule has 2 atom stereocenters. The van der Waals surface area contributed by atoms with E-state index in [4.69, 9.17) is 5.84 Å². The van der Waals surface area contributed by atoms with Crippen LogP contribution in [0.4, 0.5) is 0 Å². The van der Waals surface area contributed by atoms with E-state index in [1.54, 1.807) is 12.1 Å². The van der Waals surface area contributed by atoms with Gasteiger partial charge in [0.1, 0.15) is 12.1 Å². The highest BCUT2D eigenvalue weighted by Gasteiger charge is 2.27. The average molecular weight is 447 g/mol. The molecular formula is C26H30N4O3. The Morgan fingerprint density at radius 2 is 1.45 bits per heavy atom. The molecule has 172 valence electrons. The van der Waals surface area contributed by atoms with Crippen molar-refractivity contribution in [1.82, 2.24) is 16.1 Å². The molecule has 3 aromatic carbocycles. The summed E-state index contributed by atoms with van der Waals surface area (Å²) in [4.78, 5) is 38.4. The molecule has 0 bridgehead atoms. The molecule has 0 aliphatic rings. The van der Waals surface area contributed by atoms with E-state index >= 15 is 0 Å². The van der Waals surface area contributed by atoms with Crippen molar-refractivity contribution in [1.29, 1.82) is 0 Å². The SMILES string of the molecule is CC(C)CC(NC(=O)C(Cc1ccccc1)NC(=O)c1ccc2ccccc2c1)C(=O)NN. The van der Waals surface area contributed by atoms with Crippen LogP contribution in [-0.2, 0) is 16.0 Å². The molecule has 3 rings (SSSR count). The van der Waals surface area contributed by atoms with Gasteiger partial charge < -0.3 is 10.6 Å². The first-order valence-electron chi connectivity index (χ1n) is 11.0. The largest absolute Gasteiger partial charge is 0.342 e. The molecule has 0 fully saturated rings. The molecular weight excluding hydrogens is 416 g/mol. The molecule has 0 radical (unpaired) electrons. The fraction of sp³-hybridized carbons (Fsp3) is 0.269. The van der Waals surface area contributed by atoms with Crippen molar-refractivity contribution in [2.24, 2.45) is 11.8 Å². The molecule has 0 spiro atoms. The van der Waals surface area contributed by atoms with Crippen molar-refractivity contribution in [2.45, 2.75) is 38.8 Å². The lowest BCUT2D eigenvalue weighted by Crippen LogP contribution is -2.55. The topological polar surface area (TPSA) is 113 Å². The first-order valence-corrected chi connectivity index (χ1v) is 11.0. The predicted octanol–water partition coefficient (Wildman–Crippen LogP) is 2.70. The standard InChI is InChI=1S/C26H30N4O3/c1-17(2)14-22(26(33)30-27)29-25(32)23(15-18-8-4-3-5-9-18)28-24(31)21-13-12-19-10-6-7-11-20(19)16-21/h3-13,16-17,22-23H,14-15,27H2,1-2H3,(H,28,31)(H,29,32)(H,30,33). The summed E-state index contributed by atoms with van der Waals surface area (Å²) in [6.45, 7) is 3.90. The summed E-state index contributed by atoms with van der Waals surface area (Å²) >= 11 is 0. The molecule has 0 aliphatic carbocycles. The number of hydrogen-bond donors (Lipinski definition) is 4. The van der Waals surface area contributed by atoms with Crippen LogP contribution in [0.5, 0.6) is 0 Å². The summed E-state index contributed by atoms with van der Waals surface area (Å²) in [6.07, 6.45) is 0.704. The minimum absolute atomic E-state index is 0.160. The van der Waals surface area contributed by atoms with Gasteiger partial charge >= 0.3 is 0 Å². The van der Waals surface area contributed by atoms with Crippen LogP contribution in [0.2, 0.25) is 0 Å². The van der Waals surface area contributed by atoms with Gasteiger partial charge in [0.25, 0.3) is 11.8 Å². The number of rotatable bonds is 9. The number of amides is 3. The van der Waals surface area contributed by atoms with Crippen LogP contribution in [0.25, 0.3) is 10.8 Å². The lowest BCUT2D eigenvalue weighted by Gasteiger charge is -2.24. The lowest BCUT2D eigenvalue weighted by molar-refractivity contribution is -0.130. The molecule has 7 nitrogen and oxygen atoms in total. The second-order valence-corrected chi connectivity index (χ2v) is 8.48. The van der Waals surface area contributed by atoms with Crippen molar-refractivity contribution in [3.63, 3.8) is 0 Å². The monoisotopic (exact) mass is 446 g/mol. The molecule has 5 N–H and O–H groups in total. The summed E-state index contributed by atoms with van der Waals surface area (Å²) in [5.41, 5.74) is 3.45. The van der Waals surface area contributed by atoms with Gasteiger partial charge in [-0.1, -0.05) is 74.5 Å². The maximum absolute atomic E-state index is 13.2. The molecule has 2 unspecified atom stereocenters. The van der Waals surface area contributed by atoms with E-state index in [0.717, 1.165) is 16.3 Å². The van der Waals surface area contributed by atoms with E-state index in [9.17, 15) is 14.4 Å². The highest BCUT2D eigenvalue weighted by atomic mass is 16.2. The molecule has 33 heavy (non-hydrogen) atoms. The van der Waals surface area contributed by atoms with Gasteiger partial charge in [0.15, 0.2) is 0 Å². The number of hydrazine groups is 1. The van der Waals surface area contributed by atoms with Crippen LogP contribution in [0.15, 0.2) is 72.8 Å². The highest BCUT2D eigenvalue weighted by molar-refractivity contribution is 6.01. The molecule has 0 heterocycles. The molecule has 3 aromatic rings. The zero-order chi connectivity index (χ0) is 23.8. The Kier molecular flexibility index (Phi) is 8.16. The van der Waals surface area contributed by atoms with Crippen molar-refractivity contribution in [3.05, 3.63) is 83.9 Å². The molecule has 0 saturated heterocycles. The Balaban J connectivity index is 1.82. The van der Waals surface area contributed by atoms with E-state index in [1.807, 2.05) is 74.5 Å². The maximum Gasteiger partial charge on any atom is 0.256 e. The number of nitrogens with one attached hydrogen (secondary N) is 3. The van der Waals surface area contributed by atoms with Gasteiger partial charge in [-0.25, -0.2) is 5.84 Å². The van der Waals surface area contributed by atoms with E-state index < -0.39 is 23.9 Å². The Morgan fingerprint density at radius 3 is 2.12 bits per heavy atom. The Morgan fingerprint density at radius 1 is 0.788 bits per heavy atom. The zero-order valence-corrected chi connectivity index (χ0v) is 18.9. The lowest BCUT2D eigenvalue weighted by atomic mass is 10.0. The third-order valence-corrected chi connectivity index (χ3v) is 5.40. The number of nitrogens with two attached hydrogens (primary N) is 1. The van der Waals surface area contributed by atoms with Gasteiger partial charge in [0.05, 0.1) is 0 Å². The fourth-order valence-electron chi connectivity index (χ4n) is 3.71. The number of benzene rings is 3. The number of carbonyl (C=O) groups is 3. The Labute approximate surface area is 193 Å². The summed E-state index contributed by atoms with van der Waals surface area (Å²) in [5.74, 6) is 4.19. The van der Waals surface area contributed by atoms with E-state index in [0.29, 0.717) is 12.0 Å². The Bertz CT molecular complexity index is 1110. The quantitative estimate of drug-likeness (QED) is 0.230. The van der Waals surface area contributed by atoms with Crippen LogP contribution >= 0.6 is 0 Å². The van der Waals surface area contributed by atoms with Gasteiger partial charge in [0.2, 0.25) is 5.91 Å². The van der Waals surface area contributed by atoms with Crippen molar-refractivity contribution >= 4 is 28.5 Å². The van der Waals surface area contributed by atoms with E-state index in [2.05, 4.69) is 16.1 Å². The van der Waals surface area contributed by atoms with Gasteiger partial charge in [-0.2, -0.15) is 0 Å². The first-order chi connectivity index (χ1) is 15.9. The minimum atomic E-state index is -0.869. The second kappa shape index (κ2) is 11.2. The number of carbonyl (C=O) groups excluding carboxylic acids is 3. The third kappa shape index (κ3) is 6.63. The molecule has 0 aliphatic heterocycles.